The van der Waals surface area contributed by atoms with Crippen LogP contribution in [0.25, 0.3) is 11.1 Å². The minimum Gasteiger partial charge on any atom is -0.507 e. The van der Waals surface area contributed by atoms with Gasteiger partial charge in [0.2, 0.25) is 0 Å². The van der Waals surface area contributed by atoms with Crippen molar-refractivity contribution in [1.29, 1.82) is 0 Å². The number of halogens is 1. The van der Waals surface area contributed by atoms with Gasteiger partial charge in [0.15, 0.2) is 5.78 Å². The van der Waals surface area contributed by atoms with E-state index in [2.05, 4.69) is 0 Å². The van der Waals surface area contributed by atoms with Crippen LogP contribution in [0.2, 0.25) is 5.02 Å². The van der Waals surface area contributed by atoms with Crippen LogP contribution in [-0.4, -0.2) is 34.7 Å². The molecule has 1 N–H and O–H groups in total. The number of hydrogen-bond donors (Lipinski definition) is 1. The second-order valence-electron chi connectivity index (χ2n) is 6.47. The zero-order valence-corrected chi connectivity index (χ0v) is 15.5. The predicted molar refractivity (Wildman–Crippen MR) is 105 cm³/mol. The molecule has 0 spiro atoms. The van der Waals surface area contributed by atoms with Crippen LogP contribution in [0.3, 0.4) is 0 Å². The fraction of sp³-hybridized carbons (Fsp3) is 0.0455. The third-order valence-electron chi connectivity index (χ3n) is 4.76. The Kier molecular flexibility index (Phi) is 4.24. The van der Waals surface area contributed by atoms with Gasteiger partial charge >= 0.3 is 0 Å². The molecule has 0 saturated carbocycles. The van der Waals surface area contributed by atoms with Gasteiger partial charge in [-0.1, -0.05) is 35.9 Å². The molecule has 28 heavy (non-hydrogen) atoms. The summed E-state index contributed by atoms with van der Waals surface area (Å²) in [7, 11) is 1.40. The molecular formula is C22H14ClNO4. The minimum absolute atomic E-state index is 0.120. The van der Waals surface area contributed by atoms with Crippen LogP contribution in [0.1, 0.15) is 36.6 Å². The second kappa shape index (κ2) is 6.62. The van der Waals surface area contributed by atoms with Gasteiger partial charge in [0.1, 0.15) is 5.75 Å². The maximum absolute atomic E-state index is 13.0. The number of benzene rings is 3. The molecule has 0 atom stereocenters. The van der Waals surface area contributed by atoms with Gasteiger partial charge in [-0.25, -0.2) is 0 Å². The molecule has 5 nitrogen and oxygen atoms in total. The topological polar surface area (TPSA) is 74.7 Å². The number of ketones is 1. The summed E-state index contributed by atoms with van der Waals surface area (Å²) in [6, 6.07) is 16.0. The first-order valence-electron chi connectivity index (χ1n) is 8.47. The lowest BCUT2D eigenvalue weighted by atomic mass is 9.91. The van der Waals surface area contributed by atoms with Crippen molar-refractivity contribution >= 4 is 29.2 Å². The molecule has 3 aromatic carbocycles. The molecule has 0 bridgehead atoms. The summed E-state index contributed by atoms with van der Waals surface area (Å²) < 4.78 is 0. The highest BCUT2D eigenvalue weighted by Gasteiger charge is 2.36. The lowest BCUT2D eigenvalue weighted by Gasteiger charge is -2.11. The molecule has 0 aliphatic carbocycles. The monoisotopic (exact) mass is 391 g/mol. The van der Waals surface area contributed by atoms with Crippen LogP contribution in [0, 0.1) is 0 Å². The molecule has 4 rings (SSSR count). The van der Waals surface area contributed by atoms with Gasteiger partial charge in [-0.3, -0.25) is 19.3 Å². The smallest absolute Gasteiger partial charge is 0.261 e. The molecule has 0 radical (unpaired) electrons. The van der Waals surface area contributed by atoms with Crippen LogP contribution in [0.4, 0.5) is 0 Å². The van der Waals surface area contributed by atoms with Gasteiger partial charge in [0, 0.05) is 17.6 Å². The number of hydrogen-bond acceptors (Lipinski definition) is 4. The van der Waals surface area contributed by atoms with Crippen LogP contribution in [-0.2, 0) is 0 Å². The number of carbonyl (C=O) groups is 3. The zero-order chi connectivity index (χ0) is 20.0. The molecule has 3 aromatic rings. The Balaban J connectivity index is 1.96. The van der Waals surface area contributed by atoms with Crippen LogP contribution in [0.15, 0.2) is 60.7 Å². The number of rotatable bonds is 3. The molecule has 1 aliphatic rings. The van der Waals surface area contributed by atoms with E-state index < -0.39 is 17.6 Å². The summed E-state index contributed by atoms with van der Waals surface area (Å²) in [5, 5.41) is 10.6. The second-order valence-corrected chi connectivity index (χ2v) is 6.91. The van der Waals surface area contributed by atoms with Crippen LogP contribution >= 0.6 is 11.6 Å². The van der Waals surface area contributed by atoms with Gasteiger partial charge in [-0.2, -0.15) is 0 Å². The fourth-order valence-corrected chi connectivity index (χ4v) is 3.42. The van der Waals surface area contributed by atoms with Crippen molar-refractivity contribution < 1.29 is 19.5 Å². The highest BCUT2D eigenvalue weighted by atomic mass is 35.5. The molecule has 0 saturated heterocycles. The van der Waals surface area contributed by atoms with Crippen molar-refractivity contribution in [3.63, 3.8) is 0 Å². The molecular weight excluding hydrogens is 378 g/mol. The summed E-state index contributed by atoms with van der Waals surface area (Å²) in [6.45, 7) is 0. The summed E-state index contributed by atoms with van der Waals surface area (Å²) in [6.07, 6.45) is 0. The van der Waals surface area contributed by atoms with E-state index in [4.69, 9.17) is 11.6 Å². The molecule has 6 heteroatoms. The lowest BCUT2D eigenvalue weighted by molar-refractivity contribution is 0.0693. The number of imide groups is 1. The Labute approximate surface area is 165 Å². The Bertz CT molecular complexity index is 1150. The van der Waals surface area contributed by atoms with Gasteiger partial charge in [0.25, 0.3) is 11.8 Å². The van der Waals surface area contributed by atoms with Crippen molar-refractivity contribution in [2.45, 2.75) is 0 Å². The number of carbonyl (C=O) groups excluding carboxylic acids is 3. The van der Waals surface area contributed by atoms with E-state index in [1.165, 1.54) is 25.2 Å². The average molecular weight is 392 g/mol. The van der Waals surface area contributed by atoms with Crippen molar-refractivity contribution in [2.24, 2.45) is 0 Å². The quantitative estimate of drug-likeness (QED) is 0.537. The molecule has 1 heterocycles. The molecule has 0 fully saturated rings. The maximum atomic E-state index is 13.0. The fourth-order valence-electron chi connectivity index (χ4n) is 3.29. The number of amides is 2. The zero-order valence-electron chi connectivity index (χ0n) is 14.8. The summed E-state index contributed by atoms with van der Waals surface area (Å²) >= 11 is 5.96. The van der Waals surface area contributed by atoms with E-state index in [-0.39, 0.29) is 28.0 Å². The molecule has 2 amide bonds. The minimum atomic E-state index is -0.470. The number of phenols is 1. The van der Waals surface area contributed by atoms with E-state index in [9.17, 15) is 19.5 Å². The largest absolute Gasteiger partial charge is 0.507 e. The van der Waals surface area contributed by atoms with Crippen LogP contribution in [0.5, 0.6) is 5.75 Å². The highest BCUT2D eigenvalue weighted by Crippen LogP contribution is 2.35. The Morgan fingerprint density at radius 1 is 0.929 bits per heavy atom. The van der Waals surface area contributed by atoms with Crippen molar-refractivity contribution in [1.82, 2.24) is 4.90 Å². The van der Waals surface area contributed by atoms with E-state index in [0.717, 1.165) is 4.90 Å². The standard InChI is InChI=1S/C22H14ClNO4/c1-24-21(27)17-11-13(20(26)15-4-2-3-5-18(15)25)10-16(19(17)22(24)28)12-6-8-14(23)9-7-12/h2-11,25H,1H3. The summed E-state index contributed by atoms with van der Waals surface area (Å²) in [4.78, 5) is 39.2. The Morgan fingerprint density at radius 3 is 2.25 bits per heavy atom. The molecule has 138 valence electrons. The summed E-state index contributed by atoms with van der Waals surface area (Å²) in [5.41, 5.74) is 1.87. The van der Waals surface area contributed by atoms with Gasteiger partial charge in [-0.15, -0.1) is 0 Å². The predicted octanol–water partition coefficient (Wildman–Crippen LogP) is 4.17. The number of phenolic OH excluding ortho intramolecular Hbond substituents is 1. The van der Waals surface area contributed by atoms with Gasteiger partial charge in [0.05, 0.1) is 16.7 Å². The first kappa shape index (κ1) is 17.9. The van der Waals surface area contributed by atoms with Crippen molar-refractivity contribution in [3.8, 4) is 16.9 Å². The molecule has 1 aliphatic heterocycles. The normalized spacial score (nSPS) is 13.0. The third kappa shape index (κ3) is 2.77. The molecule has 0 unspecified atom stereocenters. The number of fused-ring (bicyclic) bond motifs is 1. The van der Waals surface area contributed by atoms with E-state index in [1.807, 2.05) is 0 Å². The summed E-state index contributed by atoms with van der Waals surface area (Å²) in [5.74, 6) is -1.49. The SMILES string of the molecule is CN1C(=O)c2cc(C(=O)c3ccccc3O)cc(-c3ccc(Cl)cc3)c2C1=O. The van der Waals surface area contributed by atoms with Crippen molar-refractivity contribution in [2.75, 3.05) is 7.05 Å². The highest BCUT2D eigenvalue weighted by molar-refractivity contribution is 6.30. The van der Waals surface area contributed by atoms with Gasteiger partial charge < -0.3 is 5.11 Å². The first-order chi connectivity index (χ1) is 13.4. The van der Waals surface area contributed by atoms with Crippen LogP contribution < -0.4 is 0 Å². The Morgan fingerprint density at radius 2 is 1.57 bits per heavy atom. The maximum Gasteiger partial charge on any atom is 0.261 e. The van der Waals surface area contributed by atoms with Crippen molar-refractivity contribution in [3.05, 3.63) is 87.9 Å². The first-order valence-corrected chi connectivity index (χ1v) is 8.85. The van der Waals surface area contributed by atoms with E-state index >= 15 is 0 Å². The lowest BCUT2D eigenvalue weighted by Crippen LogP contribution is -2.24. The average Bonchev–Trinajstić information content (AvgIpc) is 2.92. The number of para-hydroxylation sites is 1. The number of aromatic hydroxyl groups is 1. The van der Waals surface area contributed by atoms with E-state index in [1.54, 1.807) is 42.5 Å². The van der Waals surface area contributed by atoms with E-state index in [0.29, 0.717) is 16.1 Å². The third-order valence-corrected chi connectivity index (χ3v) is 5.01. The number of nitrogens with zero attached hydrogens (tertiary/aromatic N) is 1. The Hall–Kier alpha value is -3.44. The van der Waals surface area contributed by atoms with Gasteiger partial charge in [-0.05, 0) is 47.5 Å². The molecule has 0 aromatic heterocycles.